The van der Waals surface area contributed by atoms with E-state index in [9.17, 15) is 0 Å². The van der Waals surface area contributed by atoms with Crippen LogP contribution in [0.25, 0.3) is 11.3 Å². The van der Waals surface area contributed by atoms with Gasteiger partial charge in [0.25, 0.3) is 0 Å². The van der Waals surface area contributed by atoms with Crippen molar-refractivity contribution < 1.29 is 0 Å². The minimum absolute atomic E-state index is 0.780. The molecule has 2 rings (SSSR count). The van der Waals surface area contributed by atoms with Crippen LogP contribution in [-0.2, 0) is 6.42 Å². The first-order valence-corrected chi connectivity index (χ1v) is 7.09. The number of hydrogen-bond acceptors (Lipinski definition) is 2. The predicted octanol–water partition coefficient (Wildman–Crippen LogP) is 3.51. The van der Waals surface area contributed by atoms with E-state index in [2.05, 4.69) is 38.0 Å². The molecule has 3 N–H and O–H groups in total. The molecule has 18 heavy (non-hydrogen) atoms. The average Bonchev–Trinajstić information content (AvgIpc) is 2.84. The van der Waals surface area contributed by atoms with Gasteiger partial charge in [0.15, 0.2) is 0 Å². The van der Waals surface area contributed by atoms with E-state index < -0.39 is 0 Å². The second-order valence-corrected chi connectivity index (χ2v) is 5.27. The third-order valence-electron chi connectivity index (χ3n) is 2.90. The molecule has 0 bridgehead atoms. The van der Waals surface area contributed by atoms with Gasteiger partial charge in [0.2, 0.25) is 0 Å². The molecule has 3 nitrogen and oxygen atoms in total. The molecule has 0 aliphatic carbocycles. The van der Waals surface area contributed by atoms with Crippen LogP contribution >= 0.6 is 15.9 Å². The highest BCUT2D eigenvalue weighted by Gasteiger charge is 2.03. The Bertz CT molecular complexity index is 476. The molecule has 2 aromatic rings. The molecule has 0 radical (unpaired) electrons. The summed E-state index contributed by atoms with van der Waals surface area (Å²) in [4.78, 5) is 7.78. The lowest BCUT2D eigenvalue weighted by Gasteiger charge is -1.98. The third-order valence-corrected chi connectivity index (χ3v) is 3.43. The first kappa shape index (κ1) is 13.3. The minimum atomic E-state index is 0.780. The van der Waals surface area contributed by atoms with Crippen LogP contribution in [0.2, 0.25) is 0 Å². The van der Waals surface area contributed by atoms with Crippen molar-refractivity contribution in [2.75, 3.05) is 6.54 Å². The first-order chi connectivity index (χ1) is 8.79. The van der Waals surface area contributed by atoms with Crippen LogP contribution in [0.3, 0.4) is 0 Å². The van der Waals surface area contributed by atoms with E-state index in [4.69, 9.17) is 5.73 Å². The predicted molar refractivity (Wildman–Crippen MR) is 78.3 cm³/mol. The van der Waals surface area contributed by atoms with Crippen LogP contribution in [-0.4, -0.2) is 16.5 Å². The molecule has 1 aromatic carbocycles. The Kier molecular flexibility index (Phi) is 4.96. The number of nitrogens with zero attached hydrogens (tertiary/aromatic N) is 1. The van der Waals surface area contributed by atoms with Gasteiger partial charge in [-0.25, -0.2) is 4.98 Å². The van der Waals surface area contributed by atoms with Gasteiger partial charge in [0, 0.05) is 10.9 Å². The third kappa shape index (κ3) is 3.68. The molecule has 0 fully saturated rings. The molecular weight excluding hydrogens is 290 g/mol. The summed E-state index contributed by atoms with van der Waals surface area (Å²) in [5, 5.41) is 0. The lowest BCUT2D eigenvalue weighted by Crippen LogP contribution is -1.98. The summed E-state index contributed by atoms with van der Waals surface area (Å²) in [5.74, 6) is 1.06. The van der Waals surface area contributed by atoms with Gasteiger partial charge in [-0.2, -0.15) is 0 Å². The van der Waals surface area contributed by atoms with Gasteiger partial charge in [-0.3, -0.25) is 0 Å². The maximum absolute atomic E-state index is 5.47. The summed E-state index contributed by atoms with van der Waals surface area (Å²) in [6.45, 7) is 0.780. The number of nitrogens with one attached hydrogen (secondary N) is 1. The molecule has 0 unspecified atom stereocenters. The Balaban J connectivity index is 1.95. The highest BCUT2D eigenvalue weighted by atomic mass is 79.9. The molecule has 0 aliphatic heterocycles. The topological polar surface area (TPSA) is 54.7 Å². The van der Waals surface area contributed by atoms with Gasteiger partial charge >= 0.3 is 0 Å². The van der Waals surface area contributed by atoms with Crippen molar-refractivity contribution in [3.63, 3.8) is 0 Å². The molecule has 0 atom stereocenters. The van der Waals surface area contributed by atoms with Crippen molar-refractivity contribution >= 4 is 15.9 Å². The van der Waals surface area contributed by atoms with Crippen LogP contribution in [0.5, 0.6) is 0 Å². The van der Waals surface area contributed by atoms with E-state index in [0.717, 1.165) is 41.8 Å². The lowest BCUT2D eigenvalue weighted by atomic mass is 10.2. The SMILES string of the molecule is NCCCCCc1ncc(-c2ccc(Br)cc2)[nH]1. The molecule has 0 saturated heterocycles. The van der Waals surface area contributed by atoms with Crippen molar-refractivity contribution in [2.45, 2.75) is 25.7 Å². The van der Waals surface area contributed by atoms with Crippen molar-refractivity contribution in [2.24, 2.45) is 5.73 Å². The number of aryl methyl sites for hydroxylation is 1. The zero-order valence-electron chi connectivity index (χ0n) is 10.3. The smallest absolute Gasteiger partial charge is 0.106 e. The van der Waals surface area contributed by atoms with Gasteiger partial charge in [-0.1, -0.05) is 34.5 Å². The van der Waals surface area contributed by atoms with Crippen molar-refractivity contribution in [1.82, 2.24) is 9.97 Å². The second-order valence-electron chi connectivity index (χ2n) is 4.35. The summed E-state index contributed by atoms with van der Waals surface area (Å²) in [6, 6.07) is 8.24. The molecule has 96 valence electrons. The van der Waals surface area contributed by atoms with E-state index in [1.807, 2.05) is 18.3 Å². The maximum atomic E-state index is 5.47. The standard InChI is InChI=1S/C14H18BrN3/c15-12-7-5-11(6-8-12)13-10-17-14(18-13)4-2-1-3-9-16/h5-8,10H,1-4,9,16H2,(H,17,18). The molecule has 0 aliphatic rings. The summed E-state index contributed by atoms with van der Waals surface area (Å²) in [7, 11) is 0. The summed E-state index contributed by atoms with van der Waals surface area (Å²) in [5.41, 5.74) is 7.72. The van der Waals surface area contributed by atoms with Crippen molar-refractivity contribution in [3.8, 4) is 11.3 Å². The molecule has 1 heterocycles. The van der Waals surface area contributed by atoms with Crippen molar-refractivity contribution in [3.05, 3.63) is 40.8 Å². The van der Waals surface area contributed by atoms with Gasteiger partial charge in [-0.15, -0.1) is 0 Å². The highest BCUT2D eigenvalue weighted by Crippen LogP contribution is 2.20. The molecule has 4 heteroatoms. The van der Waals surface area contributed by atoms with E-state index >= 15 is 0 Å². The molecule has 1 aromatic heterocycles. The number of aromatic nitrogens is 2. The van der Waals surface area contributed by atoms with E-state index in [1.165, 1.54) is 12.0 Å². The molecule has 0 saturated carbocycles. The molecular formula is C14H18BrN3. The van der Waals surface area contributed by atoms with E-state index in [-0.39, 0.29) is 0 Å². The Hall–Kier alpha value is -1.13. The van der Waals surface area contributed by atoms with Gasteiger partial charge in [-0.05, 0) is 37.1 Å². The van der Waals surface area contributed by atoms with Crippen LogP contribution < -0.4 is 5.73 Å². The normalized spacial score (nSPS) is 10.8. The summed E-state index contributed by atoms with van der Waals surface area (Å²) >= 11 is 3.44. The van der Waals surface area contributed by atoms with Gasteiger partial charge < -0.3 is 10.7 Å². The van der Waals surface area contributed by atoms with Crippen LogP contribution in [0.4, 0.5) is 0 Å². The summed E-state index contributed by atoms with van der Waals surface area (Å²) < 4.78 is 1.09. The lowest BCUT2D eigenvalue weighted by molar-refractivity contribution is 0.673. The number of H-pyrrole nitrogens is 1. The fraction of sp³-hybridized carbons (Fsp3) is 0.357. The quantitative estimate of drug-likeness (QED) is 0.802. The van der Waals surface area contributed by atoms with Crippen molar-refractivity contribution in [1.29, 1.82) is 0 Å². The fourth-order valence-electron chi connectivity index (χ4n) is 1.88. The van der Waals surface area contributed by atoms with Crippen LogP contribution in [0, 0.1) is 0 Å². The number of aromatic amines is 1. The van der Waals surface area contributed by atoms with Gasteiger partial charge in [0.05, 0.1) is 11.9 Å². The van der Waals surface area contributed by atoms with E-state index in [0.29, 0.717) is 0 Å². The van der Waals surface area contributed by atoms with Crippen LogP contribution in [0.15, 0.2) is 34.9 Å². The monoisotopic (exact) mass is 307 g/mol. The second kappa shape index (κ2) is 6.71. The Morgan fingerprint density at radius 3 is 2.61 bits per heavy atom. The van der Waals surface area contributed by atoms with Crippen LogP contribution in [0.1, 0.15) is 25.1 Å². The zero-order valence-corrected chi connectivity index (χ0v) is 11.9. The number of unbranched alkanes of at least 4 members (excludes halogenated alkanes) is 2. The zero-order chi connectivity index (χ0) is 12.8. The number of halogens is 1. The number of nitrogens with two attached hydrogens (primary N) is 1. The van der Waals surface area contributed by atoms with E-state index in [1.54, 1.807) is 0 Å². The Labute approximate surface area is 116 Å². The Morgan fingerprint density at radius 1 is 1.11 bits per heavy atom. The number of imidazole rings is 1. The highest BCUT2D eigenvalue weighted by molar-refractivity contribution is 9.10. The number of hydrogen-bond donors (Lipinski definition) is 2. The molecule has 0 spiro atoms. The number of rotatable bonds is 6. The summed E-state index contributed by atoms with van der Waals surface area (Å²) in [6.07, 6.45) is 6.31. The number of benzene rings is 1. The maximum Gasteiger partial charge on any atom is 0.106 e. The first-order valence-electron chi connectivity index (χ1n) is 6.29. The largest absolute Gasteiger partial charge is 0.342 e. The Morgan fingerprint density at radius 2 is 1.89 bits per heavy atom. The fourth-order valence-corrected chi connectivity index (χ4v) is 2.14. The molecule has 0 amide bonds. The average molecular weight is 308 g/mol. The minimum Gasteiger partial charge on any atom is -0.342 e. The van der Waals surface area contributed by atoms with Gasteiger partial charge in [0.1, 0.15) is 5.82 Å².